The zero-order chi connectivity index (χ0) is 17.2. The van der Waals surface area contributed by atoms with E-state index in [2.05, 4.69) is 29.4 Å². The van der Waals surface area contributed by atoms with Crippen LogP contribution in [-0.4, -0.2) is 44.1 Å². The fraction of sp³-hybridized carbons (Fsp3) is 0.438. The number of anilines is 1. The molecule has 1 aromatic rings. The fourth-order valence-electron chi connectivity index (χ4n) is 1.98. The van der Waals surface area contributed by atoms with Crippen molar-refractivity contribution < 1.29 is 19.1 Å². The molecule has 0 unspecified atom stereocenters. The molecule has 1 rings (SSSR count). The molecule has 3 amide bonds. The summed E-state index contributed by atoms with van der Waals surface area (Å²) in [6.45, 7) is 7.48. The van der Waals surface area contributed by atoms with Crippen molar-refractivity contribution >= 4 is 23.6 Å². The highest BCUT2D eigenvalue weighted by Gasteiger charge is 2.12. The van der Waals surface area contributed by atoms with Gasteiger partial charge in [-0.3, -0.25) is 10.1 Å². The van der Waals surface area contributed by atoms with Gasteiger partial charge in [0, 0.05) is 25.3 Å². The summed E-state index contributed by atoms with van der Waals surface area (Å²) >= 11 is 0. The van der Waals surface area contributed by atoms with Crippen LogP contribution in [0.4, 0.5) is 10.5 Å². The van der Waals surface area contributed by atoms with E-state index in [4.69, 9.17) is 4.74 Å². The van der Waals surface area contributed by atoms with Gasteiger partial charge in [-0.1, -0.05) is 0 Å². The highest BCUT2D eigenvalue weighted by molar-refractivity contribution is 5.97. The lowest BCUT2D eigenvalue weighted by molar-refractivity contribution is -0.123. The smallest absolute Gasteiger partial charge is 0.338 e. The van der Waals surface area contributed by atoms with Gasteiger partial charge in [0.15, 0.2) is 6.61 Å². The van der Waals surface area contributed by atoms with Crippen molar-refractivity contribution in [3.8, 4) is 0 Å². The number of amides is 3. The summed E-state index contributed by atoms with van der Waals surface area (Å²) in [5.41, 5.74) is 1.37. The first-order valence-corrected chi connectivity index (χ1v) is 7.61. The molecule has 0 aliphatic rings. The average Bonchev–Trinajstić information content (AvgIpc) is 2.54. The second kappa shape index (κ2) is 9.45. The van der Waals surface area contributed by atoms with E-state index in [0.29, 0.717) is 12.1 Å². The van der Waals surface area contributed by atoms with Gasteiger partial charge in [-0.2, -0.15) is 0 Å². The molecule has 0 aliphatic carbocycles. The molecule has 126 valence electrons. The number of hydrogen-bond acceptors (Lipinski definition) is 5. The molecule has 0 atom stereocenters. The normalized spacial score (nSPS) is 9.87. The molecule has 0 aliphatic heterocycles. The van der Waals surface area contributed by atoms with Gasteiger partial charge in [-0.05, 0) is 45.0 Å². The number of hydrogen-bond donors (Lipinski definition) is 2. The number of ether oxygens (including phenoxy) is 1. The Hall–Kier alpha value is -2.57. The molecule has 0 saturated carbocycles. The number of esters is 1. The van der Waals surface area contributed by atoms with Crippen molar-refractivity contribution in [1.82, 2.24) is 10.6 Å². The van der Waals surface area contributed by atoms with Crippen LogP contribution in [0.2, 0.25) is 0 Å². The quantitative estimate of drug-likeness (QED) is 0.744. The molecule has 0 radical (unpaired) electrons. The van der Waals surface area contributed by atoms with Crippen LogP contribution in [0.25, 0.3) is 0 Å². The van der Waals surface area contributed by atoms with Gasteiger partial charge >= 0.3 is 12.0 Å². The van der Waals surface area contributed by atoms with Crippen LogP contribution < -0.4 is 15.5 Å². The van der Waals surface area contributed by atoms with Gasteiger partial charge < -0.3 is 15.0 Å². The highest BCUT2D eigenvalue weighted by Crippen LogP contribution is 2.15. The number of nitrogens with zero attached hydrogens (tertiary/aromatic N) is 1. The van der Waals surface area contributed by atoms with Gasteiger partial charge in [0.05, 0.1) is 5.56 Å². The SMILES string of the molecule is CCNC(=O)NC(=O)COC(=O)c1ccc(N(CC)CC)cc1. The minimum absolute atomic E-state index is 0.353. The van der Waals surface area contributed by atoms with Crippen molar-refractivity contribution in [3.05, 3.63) is 29.8 Å². The molecule has 1 aromatic carbocycles. The van der Waals surface area contributed by atoms with E-state index in [-0.39, 0.29) is 0 Å². The van der Waals surface area contributed by atoms with E-state index >= 15 is 0 Å². The van der Waals surface area contributed by atoms with Crippen molar-refractivity contribution in [2.75, 3.05) is 31.1 Å². The van der Waals surface area contributed by atoms with Crippen molar-refractivity contribution in [3.63, 3.8) is 0 Å². The minimum Gasteiger partial charge on any atom is -0.452 e. The average molecular weight is 321 g/mol. The maximum absolute atomic E-state index is 11.9. The fourth-order valence-corrected chi connectivity index (χ4v) is 1.98. The number of rotatable bonds is 7. The van der Waals surface area contributed by atoms with E-state index in [1.54, 1.807) is 19.1 Å². The van der Waals surface area contributed by atoms with E-state index in [0.717, 1.165) is 18.8 Å². The van der Waals surface area contributed by atoms with Crippen molar-refractivity contribution in [2.45, 2.75) is 20.8 Å². The molecule has 7 nitrogen and oxygen atoms in total. The predicted molar refractivity (Wildman–Crippen MR) is 87.5 cm³/mol. The lowest BCUT2D eigenvalue weighted by atomic mass is 10.2. The molecule has 7 heteroatoms. The summed E-state index contributed by atoms with van der Waals surface area (Å²) < 4.78 is 4.88. The maximum atomic E-state index is 11.9. The third-order valence-corrected chi connectivity index (χ3v) is 3.16. The van der Waals surface area contributed by atoms with Crippen LogP contribution in [0.1, 0.15) is 31.1 Å². The summed E-state index contributed by atoms with van der Waals surface area (Å²) in [5.74, 6) is -1.29. The molecular formula is C16H23N3O4. The molecule has 0 aromatic heterocycles. The molecule has 0 fully saturated rings. The number of carbonyl (C=O) groups is 3. The van der Waals surface area contributed by atoms with Gasteiger partial charge in [-0.25, -0.2) is 9.59 Å². The Labute approximate surface area is 136 Å². The van der Waals surface area contributed by atoms with Crippen LogP contribution in [0.15, 0.2) is 24.3 Å². The zero-order valence-electron chi connectivity index (χ0n) is 13.7. The largest absolute Gasteiger partial charge is 0.452 e. The van der Waals surface area contributed by atoms with Crippen LogP contribution in [0.5, 0.6) is 0 Å². The van der Waals surface area contributed by atoms with Crippen LogP contribution >= 0.6 is 0 Å². The molecule has 0 heterocycles. The number of urea groups is 1. The second-order valence-electron chi connectivity index (χ2n) is 4.70. The van der Waals surface area contributed by atoms with E-state index in [1.165, 1.54) is 0 Å². The lowest BCUT2D eigenvalue weighted by Crippen LogP contribution is -2.41. The summed E-state index contributed by atoms with van der Waals surface area (Å²) in [6, 6.07) is 6.35. The topological polar surface area (TPSA) is 87.7 Å². The van der Waals surface area contributed by atoms with Gasteiger partial charge in [0.1, 0.15) is 0 Å². The van der Waals surface area contributed by atoms with E-state index in [9.17, 15) is 14.4 Å². The van der Waals surface area contributed by atoms with Crippen LogP contribution in [0.3, 0.4) is 0 Å². The molecule has 0 bridgehead atoms. The monoisotopic (exact) mass is 321 g/mol. The number of carbonyl (C=O) groups excluding carboxylic acids is 3. The number of nitrogens with one attached hydrogen (secondary N) is 2. The van der Waals surface area contributed by atoms with Gasteiger partial charge in [-0.15, -0.1) is 0 Å². The van der Waals surface area contributed by atoms with E-state index < -0.39 is 24.5 Å². The third kappa shape index (κ3) is 5.98. The van der Waals surface area contributed by atoms with Crippen LogP contribution in [0, 0.1) is 0 Å². The highest BCUT2D eigenvalue weighted by atomic mass is 16.5. The van der Waals surface area contributed by atoms with Crippen molar-refractivity contribution in [2.24, 2.45) is 0 Å². The Bertz CT molecular complexity index is 539. The van der Waals surface area contributed by atoms with Crippen LogP contribution in [-0.2, 0) is 9.53 Å². The van der Waals surface area contributed by atoms with Gasteiger partial charge in [0.25, 0.3) is 5.91 Å². The summed E-state index contributed by atoms with van der Waals surface area (Å²) in [4.78, 5) is 36.6. The Balaban J connectivity index is 2.52. The summed E-state index contributed by atoms with van der Waals surface area (Å²) in [5, 5.41) is 4.46. The predicted octanol–water partition coefficient (Wildman–Crippen LogP) is 1.54. The Morgan fingerprint density at radius 2 is 1.65 bits per heavy atom. The summed E-state index contributed by atoms with van der Waals surface area (Å²) in [6.07, 6.45) is 0. The first kappa shape index (κ1) is 18.5. The first-order chi connectivity index (χ1) is 11.0. The van der Waals surface area contributed by atoms with Gasteiger partial charge in [0.2, 0.25) is 0 Å². The number of imide groups is 1. The van der Waals surface area contributed by atoms with Crippen molar-refractivity contribution in [1.29, 1.82) is 0 Å². The molecular weight excluding hydrogens is 298 g/mol. The first-order valence-electron chi connectivity index (χ1n) is 7.61. The second-order valence-corrected chi connectivity index (χ2v) is 4.70. The molecule has 0 saturated heterocycles. The maximum Gasteiger partial charge on any atom is 0.338 e. The zero-order valence-corrected chi connectivity index (χ0v) is 13.7. The van der Waals surface area contributed by atoms with E-state index in [1.807, 2.05) is 12.1 Å². The molecule has 0 spiro atoms. The Morgan fingerprint density at radius 1 is 1.04 bits per heavy atom. The standard InChI is InChI=1S/C16H23N3O4/c1-4-17-16(22)18-14(20)11-23-15(21)12-7-9-13(10-8-12)19(5-2)6-3/h7-10H,4-6,11H2,1-3H3,(H2,17,18,20,22). The Morgan fingerprint density at radius 3 is 2.17 bits per heavy atom. The molecule has 2 N–H and O–H groups in total. The summed E-state index contributed by atoms with van der Waals surface area (Å²) in [7, 11) is 0. The Kier molecular flexibility index (Phi) is 7.59. The molecule has 23 heavy (non-hydrogen) atoms. The number of benzene rings is 1. The third-order valence-electron chi connectivity index (χ3n) is 3.16. The lowest BCUT2D eigenvalue weighted by Gasteiger charge is -2.20. The minimum atomic E-state index is -0.677.